The van der Waals surface area contributed by atoms with Crippen LogP contribution in [0.1, 0.15) is 0 Å². The molecule has 2 heterocycles. The van der Waals surface area contributed by atoms with Crippen LogP contribution >= 0.6 is 23.2 Å². The number of anilines is 2. The van der Waals surface area contributed by atoms with Crippen LogP contribution in [0.3, 0.4) is 0 Å². The molecule has 4 atom stereocenters. The number of rotatable bonds is 8. The zero-order valence-corrected chi connectivity index (χ0v) is 24.7. The third-order valence-electron chi connectivity index (χ3n) is 9.19. The van der Waals surface area contributed by atoms with Crippen molar-refractivity contribution in [2.24, 2.45) is 21.7 Å². The van der Waals surface area contributed by atoms with Gasteiger partial charge in [0.05, 0.1) is 11.4 Å². The van der Waals surface area contributed by atoms with E-state index in [2.05, 4.69) is 0 Å². The smallest absolute Gasteiger partial charge is 0.328 e. The molecule has 4 amide bonds. The fourth-order valence-corrected chi connectivity index (χ4v) is 8.76. The highest BCUT2D eigenvalue weighted by molar-refractivity contribution is 6.58. The Morgan fingerprint density at radius 1 is 0.417 bits per heavy atom. The average Bonchev–Trinajstić information content (AvgIpc) is 3.37. The number of fused-ring (bicyclic) bond motifs is 2. The number of hydrogen-bond donors (Lipinski definition) is 6. The first-order valence-electron chi connectivity index (χ1n) is 12.9. The van der Waals surface area contributed by atoms with E-state index in [-0.39, 0.29) is 0 Å². The van der Waals surface area contributed by atoms with Crippen molar-refractivity contribution in [2.45, 2.75) is 9.75 Å². The van der Waals surface area contributed by atoms with Crippen molar-refractivity contribution in [1.29, 1.82) is 0 Å². The molecule has 20 heteroatoms. The molecule has 2 saturated heterocycles. The van der Waals surface area contributed by atoms with Gasteiger partial charge in [0.25, 0.3) is 23.6 Å². The summed E-state index contributed by atoms with van der Waals surface area (Å²) in [5.41, 5.74) is -21.7. The highest BCUT2D eigenvalue weighted by Crippen LogP contribution is 2.81. The lowest BCUT2D eigenvalue weighted by Gasteiger charge is -2.62. The van der Waals surface area contributed by atoms with Gasteiger partial charge in [0.2, 0.25) is 21.7 Å². The summed E-state index contributed by atoms with van der Waals surface area (Å²) in [6.07, 6.45) is 0. The maximum Gasteiger partial charge on any atom is 0.328 e. The number of alkyl halides is 2. The summed E-state index contributed by atoms with van der Waals surface area (Å²) in [6.45, 7) is 0. The normalized spacial score (nSPS) is 34.0. The van der Waals surface area contributed by atoms with E-state index < -0.39 is 112 Å². The molecule has 1 aliphatic carbocycles. The molecular formula is C28H16Cl2N2O16. The van der Waals surface area contributed by atoms with E-state index in [1.807, 2.05) is 0 Å². The lowest BCUT2D eigenvalue weighted by Crippen LogP contribution is -2.91. The second-order valence-corrected chi connectivity index (χ2v) is 11.8. The Balaban J connectivity index is 2.23. The van der Waals surface area contributed by atoms with Gasteiger partial charge in [0, 0.05) is 0 Å². The highest BCUT2D eigenvalue weighted by atomic mass is 35.5. The van der Waals surface area contributed by atoms with Crippen molar-refractivity contribution in [3.8, 4) is 0 Å². The zero-order valence-electron chi connectivity index (χ0n) is 23.2. The lowest BCUT2D eigenvalue weighted by atomic mass is 9.33. The summed E-state index contributed by atoms with van der Waals surface area (Å²) < 4.78 is 0. The van der Waals surface area contributed by atoms with E-state index in [1.165, 1.54) is 12.1 Å². The lowest BCUT2D eigenvalue weighted by molar-refractivity contribution is -0.229. The molecule has 2 aliphatic heterocycles. The maximum absolute atomic E-state index is 14.5. The van der Waals surface area contributed by atoms with E-state index in [9.17, 15) is 78.6 Å². The number of carbonyl (C=O) groups excluding carboxylic acids is 4. The van der Waals surface area contributed by atoms with Crippen LogP contribution in [0.5, 0.6) is 0 Å². The first-order valence-corrected chi connectivity index (χ1v) is 13.7. The minimum absolute atomic E-state index is 0.390. The number of hydrogen-bond acceptors (Lipinski definition) is 10. The predicted octanol–water partition coefficient (Wildman–Crippen LogP) is -0.445. The molecule has 0 radical (unpaired) electrons. The number of carboxylic acids is 6. The molecular weight excluding hydrogens is 691 g/mol. The van der Waals surface area contributed by atoms with Crippen molar-refractivity contribution < 1.29 is 78.6 Å². The van der Waals surface area contributed by atoms with Crippen LogP contribution in [0.4, 0.5) is 11.4 Å². The topological polar surface area (TPSA) is 299 Å². The Kier molecular flexibility index (Phi) is 6.85. The number of benzene rings is 2. The summed E-state index contributed by atoms with van der Waals surface area (Å²) in [6, 6.07) is 10.1. The molecule has 3 aliphatic rings. The molecule has 2 aromatic carbocycles. The van der Waals surface area contributed by atoms with Crippen molar-refractivity contribution in [3.63, 3.8) is 0 Å². The Bertz CT molecular complexity index is 1730. The third-order valence-corrected chi connectivity index (χ3v) is 10.6. The van der Waals surface area contributed by atoms with E-state index >= 15 is 0 Å². The second kappa shape index (κ2) is 9.81. The van der Waals surface area contributed by atoms with Gasteiger partial charge >= 0.3 is 35.8 Å². The first kappa shape index (κ1) is 33.5. The van der Waals surface area contributed by atoms with Gasteiger partial charge in [0.15, 0.2) is 9.75 Å². The number of para-hydroxylation sites is 2. The molecule has 18 nitrogen and oxygen atoms in total. The van der Waals surface area contributed by atoms with Crippen LogP contribution in [-0.4, -0.2) is 99.8 Å². The summed E-state index contributed by atoms with van der Waals surface area (Å²) in [4.78, 5) is 129. The Morgan fingerprint density at radius 3 is 0.792 bits per heavy atom. The molecule has 0 bridgehead atoms. The van der Waals surface area contributed by atoms with Crippen LogP contribution in [0.25, 0.3) is 0 Å². The van der Waals surface area contributed by atoms with Gasteiger partial charge in [-0.2, -0.15) is 0 Å². The minimum atomic E-state index is -5.07. The van der Waals surface area contributed by atoms with Gasteiger partial charge in [-0.3, -0.25) is 47.9 Å². The molecule has 6 N–H and O–H groups in total. The molecule has 0 spiro atoms. The van der Waals surface area contributed by atoms with E-state index in [0.29, 0.717) is 0 Å². The largest absolute Gasteiger partial charge is 0.480 e. The van der Waals surface area contributed by atoms with Gasteiger partial charge < -0.3 is 30.6 Å². The van der Waals surface area contributed by atoms with E-state index in [1.54, 1.807) is 0 Å². The molecule has 48 heavy (non-hydrogen) atoms. The number of nitrogens with zero attached hydrogens (tertiary/aromatic N) is 2. The Labute approximate surface area is 274 Å². The predicted molar refractivity (Wildman–Crippen MR) is 151 cm³/mol. The zero-order chi connectivity index (χ0) is 36.2. The summed E-state index contributed by atoms with van der Waals surface area (Å²) in [7, 11) is 0. The quantitative estimate of drug-likeness (QED) is 0.115. The van der Waals surface area contributed by atoms with E-state index in [0.717, 1.165) is 48.5 Å². The van der Waals surface area contributed by atoms with Gasteiger partial charge in [-0.05, 0) is 24.3 Å². The summed E-state index contributed by atoms with van der Waals surface area (Å²) in [5, 5.41) is 64.8. The minimum Gasteiger partial charge on any atom is -0.480 e. The fourth-order valence-electron chi connectivity index (χ4n) is 7.54. The molecule has 3 fully saturated rings. The summed E-state index contributed by atoms with van der Waals surface area (Å²) >= 11 is 13.0. The van der Waals surface area contributed by atoms with Crippen LogP contribution in [-0.2, 0) is 47.9 Å². The number of aliphatic carboxylic acids is 6. The van der Waals surface area contributed by atoms with Gasteiger partial charge in [-0.25, -0.2) is 9.80 Å². The van der Waals surface area contributed by atoms with Crippen LogP contribution < -0.4 is 9.80 Å². The Hall–Kier alpha value is -5.88. The SMILES string of the molecule is O=C(O)C1(Cl)C2(C(=O)O)C(=O)N(c3ccccc3)C(=O)C2(C(=O)O)C(Cl)(C(=O)O)C2(C(=O)O)C(=O)N(c3ccccc3)C(=O)C12C(=O)O. The van der Waals surface area contributed by atoms with Crippen molar-refractivity contribution >= 4 is 94.0 Å². The monoisotopic (exact) mass is 706 g/mol. The Morgan fingerprint density at radius 2 is 0.625 bits per heavy atom. The van der Waals surface area contributed by atoms with E-state index in [4.69, 9.17) is 23.2 Å². The van der Waals surface area contributed by atoms with Gasteiger partial charge in [-0.1, -0.05) is 36.4 Å². The molecule has 1 saturated carbocycles. The van der Waals surface area contributed by atoms with Crippen molar-refractivity contribution in [3.05, 3.63) is 60.7 Å². The molecule has 4 unspecified atom stereocenters. The highest BCUT2D eigenvalue weighted by Gasteiger charge is 3.09. The van der Waals surface area contributed by atoms with Crippen molar-refractivity contribution in [2.75, 3.05) is 9.80 Å². The molecule has 248 valence electrons. The fraction of sp³-hybridized carbons (Fsp3) is 0.214. The van der Waals surface area contributed by atoms with Crippen molar-refractivity contribution in [1.82, 2.24) is 0 Å². The van der Waals surface area contributed by atoms with Crippen LogP contribution in [0.15, 0.2) is 60.7 Å². The van der Waals surface area contributed by atoms with Gasteiger partial charge in [0.1, 0.15) is 0 Å². The number of carbonyl (C=O) groups is 10. The average molecular weight is 707 g/mol. The first-order chi connectivity index (χ1) is 22.3. The third kappa shape index (κ3) is 2.80. The number of imide groups is 2. The number of amides is 4. The number of carboxylic acid groups (broad SMARTS) is 6. The second-order valence-electron chi connectivity index (χ2n) is 10.7. The molecule has 2 aromatic rings. The summed E-state index contributed by atoms with van der Waals surface area (Å²) in [5.74, 6) is -29.0. The van der Waals surface area contributed by atoms with Gasteiger partial charge in [-0.15, -0.1) is 23.2 Å². The number of halogens is 2. The van der Waals surface area contributed by atoms with Crippen LogP contribution in [0.2, 0.25) is 0 Å². The molecule has 5 rings (SSSR count). The molecule has 0 aromatic heterocycles. The maximum atomic E-state index is 14.5. The standard InChI is InChI=1S/C28H16Cl2N2O16/c29-27(21(45)46)23(17(37)38)13(33)31(11-7-3-1-4-8-11)14(34)24(23,18(39)40)28(30,22(47)48)26(20(43)44)16(36)32(12-9-5-2-6-10-12)15(35)25(26,27)19(41)42/h1-10H,(H,37,38)(H,39,40)(H,41,42)(H,43,44)(H,45,46)(H,47,48). The van der Waals surface area contributed by atoms with Crippen LogP contribution in [0, 0.1) is 21.7 Å².